The summed E-state index contributed by atoms with van der Waals surface area (Å²) in [6.07, 6.45) is -1.52. The predicted molar refractivity (Wildman–Crippen MR) is 82.3 cm³/mol. The average molecular weight is 315 g/mol. The van der Waals surface area contributed by atoms with Gasteiger partial charge in [-0.15, -0.1) is 0 Å². The molecule has 0 saturated heterocycles. The SMILES string of the molecule is FC(F)(F)c1oc(/C=C/c2ccccc2)nc1-c1ccccc1. The molecule has 23 heavy (non-hydrogen) atoms. The standard InChI is InChI=1S/C18H12F3NO/c19-18(20,21)17-16(14-9-5-2-6-10-14)22-15(23-17)12-11-13-7-3-1-4-8-13/h1-12H/b12-11+. The number of aromatic nitrogens is 1. The molecule has 0 aliphatic carbocycles. The summed E-state index contributed by atoms with van der Waals surface area (Å²) in [5.74, 6) is -1.17. The molecular formula is C18H12F3NO. The molecule has 3 rings (SSSR count). The van der Waals surface area contributed by atoms with E-state index in [4.69, 9.17) is 4.42 Å². The first-order chi connectivity index (χ1) is 11.0. The van der Waals surface area contributed by atoms with Crippen molar-refractivity contribution in [3.05, 3.63) is 77.9 Å². The maximum Gasteiger partial charge on any atom is 0.451 e. The molecule has 3 aromatic rings. The number of halogens is 3. The van der Waals surface area contributed by atoms with Gasteiger partial charge in [-0.2, -0.15) is 13.2 Å². The van der Waals surface area contributed by atoms with Crippen molar-refractivity contribution in [2.75, 3.05) is 0 Å². The van der Waals surface area contributed by atoms with Crippen LogP contribution in [-0.4, -0.2) is 4.98 Å². The van der Waals surface area contributed by atoms with Gasteiger partial charge in [0.05, 0.1) is 0 Å². The van der Waals surface area contributed by atoms with Crippen LogP contribution in [0.2, 0.25) is 0 Å². The van der Waals surface area contributed by atoms with E-state index in [1.165, 1.54) is 6.08 Å². The second kappa shape index (κ2) is 6.12. The molecule has 0 fully saturated rings. The summed E-state index contributed by atoms with van der Waals surface area (Å²) in [4.78, 5) is 3.99. The van der Waals surface area contributed by atoms with Crippen LogP contribution in [-0.2, 0) is 6.18 Å². The second-order valence-electron chi connectivity index (χ2n) is 4.84. The van der Waals surface area contributed by atoms with Crippen LogP contribution in [0.3, 0.4) is 0 Å². The smallest absolute Gasteiger partial charge is 0.431 e. The van der Waals surface area contributed by atoms with Gasteiger partial charge >= 0.3 is 6.18 Å². The quantitative estimate of drug-likeness (QED) is 0.635. The van der Waals surface area contributed by atoms with Crippen molar-refractivity contribution in [1.82, 2.24) is 4.98 Å². The van der Waals surface area contributed by atoms with Crippen molar-refractivity contribution in [3.8, 4) is 11.3 Å². The van der Waals surface area contributed by atoms with Crippen molar-refractivity contribution in [2.45, 2.75) is 6.18 Å². The number of oxazole rings is 1. The first-order valence-electron chi connectivity index (χ1n) is 6.90. The summed E-state index contributed by atoms with van der Waals surface area (Å²) in [5.41, 5.74) is 1.01. The molecule has 0 saturated carbocycles. The van der Waals surface area contributed by atoms with Crippen molar-refractivity contribution < 1.29 is 17.6 Å². The Morgan fingerprint density at radius 3 is 2.04 bits per heavy atom. The Balaban J connectivity index is 2.00. The number of alkyl halides is 3. The van der Waals surface area contributed by atoms with Gasteiger partial charge in [-0.05, 0) is 11.6 Å². The Morgan fingerprint density at radius 1 is 0.826 bits per heavy atom. The van der Waals surface area contributed by atoms with E-state index in [2.05, 4.69) is 4.98 Å². The molecule has 1 heterocycles. The fraction of sp³-hybridized carbons (Fsp3) is 0.0556. The van der Waals surface area contributed by atoms with Crippen molar-refractivity contribution in [1.29, 1.82) is 0 Å². The lowest BCUT2D eigenvalue weighted by atomic mass is 10.1. The average Bonchev–Trinajstić information content (AvgIpc) is 2.99. The van der Waals surface area contributed by atoms with Crippen LogP contribution in [0, 0.1) is 0 Å². The Hall–Kier alpha value is -2.82. The lowest BCUT2D eigenvalue weighted by Gasteiger charge is -2.04. The van der Waals surface area contributed by atoms with Gasteiger partial charge < -0.3 is 4.42 Å². The van der Waals surface area contributed by atoms with Crippen LogP contribution in [0.25, 0.3) is 23.4 Å². The van der Waals surface area contributed by atoms with E-state index in [0.717, 1.165) is 5.56 Å². The van der Waals surface area contributed by atoms with Crippen molar-refractivity contribution >= 4 is 12.2 Å². The molecule has 1 aromatic heterocycles. The zero-order valence-corrected chi connectivity index (χ0v) is 11.9. The number of benzene rings is 2. The molecule has 0 aliphatic rings. The Bertz CT molecular complexity index is 805. The molecule has 0 spiro atoms. The highest BCUT2D eigenvalue weighted by Gasteiger charge is 2.39. The van der Waals surface area contributed by atoms with E-state index in [9.17, 15) is 13.2 Å². The van der Waals surface area contributed by atoms with Gasteiger partial charge in [-0.3, -0.25) is 0 Å². The fourth-order valence-corrected chi connectivity index (χ4v) is 2.12. The first-order valence-corrected chi connectivity index (χ1v) is 6.90. The molecule has 0 aliphatic heterocycles. The largest absolute Gasteiger partial charge is 0.451 e. The topological polar surface area (TPSA) is 26.0 Å². The number of hydrogen-bond donors (Lipinski definition) is 0. The van der Waals surface area contributed by atoms with E-state index in [1.807, 2.05) is 30.3 Å². The van der Waals surface area contributed by atoms with Gasteiger partial charge in [0.1, 0.15) is 5.69 Å². The lowest BCUT2D eigenvalue weighted by Crippen LogP contribution is -2.05. The van der Waals surface area contributed by atoms with Crippen LogP contribution in [0.15, 0.2) is 65.1 Å². The maximum absolute atomic E-state index is 13.2. The molecule has 0 radical (unpaired) electrons. The van der Waals surface area contributed by atoms with E-state index >= 15 is 0 Å². The second-order valence-corrected chi connectivity index (χ2v) is 4.84. The zero-order valence-electron chi connectivity index (χ0n) is 11.9. The van der Waals surface area contributed by atoms with Gasteiger partial charge in [-0.1, -0.05) is 60.7 Å². The highest BCUT2D eigenvalue weighted by molar-refractivity contribution is 5.69. The minimum atomic E-state index is -4.60. The normalized spacial score (nSPS) is 12.0. The summed E-state index contributed by atoms with van der Waals surface area (Å²) in [5, 5.41) is 0. The minimum Gasteiger partial charge on any atom is -0.431 e. The van der Waals surface area contributed by atoms with E-state index < -0.39 is 11.9 Å². The molecule has 0 atom stereocenters. The number of rotatable bonds is 3. The minimum absolute atomic E-state index is 0.0833. The molecule has 2 nitrogen and oxygen atoms in total. The molecule has 2 aromatic carbocycles. The fourth-order valence-electron chi connectivity index (χ4n) is 2.12. The van der Waals surface area contributed by atoms with Crippen LogP contribution in [0.4, 0.5) is 13.2 Å². The molecule has 0 amide bonds. The Labute approximate surface area is 130 Å². The zero-order chi connectivity index (χ0) is 16.3. The molecule has 0 unspecified atom stereocenters. The summed E-state index contributed by atoms with van der Waals surface area (Å²) in [6, 6.07) is 17.4. The van der Waals surface area contributed by atoms with Crippen LogP contribution in [0.1, 0.15) is 17.2 Å². The Kier molecular flexibility index (Phi) is 4.02. The summed E-state index contributed by atoms with van der Waals surface area (Å²) in [7, 11) is 0. The summed E-state index contributed by atoms with van der Waals surface area (Å²) >= 11 is 0. The number of hydrogen-bond acceptors (Lipinski definition) is 2. The monoisotopic (exact) mass is 315 g/mol. The molecule has 5 heteroatoms. The van der Waals surface area contributed by atoms with Gasteiger partial charge in [-0.25, -0.2) is 4.98 Å². The highest BCUT2D eigenvalue weighted by atomic mass is 19.4. The van der Waals surface area contributed by atoms with Gasteiger partial charge in [0, 0.05) is 11.6 Å². The van der Waals surface area contributed by atoms with Crippen molar-refractivity contribution in [2.24, 2.45) is 0 Å². The third-order valence-corrected chi connectivity index (χ3v) is 3.17. The highest BCUT2D eigenvalue weighted by Crippen LogP contribution is 2.37. The van der Waals surface area contributed by atoms with E-state index in [-0.39, 0.29) is 11.6 Å². The third kappa shape index (κ3) is 3.51. The molecular weight excluding hydrogens is 303 g/mol. The summed E-state index contributed by atoms with van der Waals surface area (Å²) < 4.78 is 44.4. The third-order valence-electron chi connectivity index (χ3n) is 3.17. The van der Waals surface area contributed by atoms with Gasteiger partial charge in [0.25, 0.3) is 0 Å². The summed E-state index contributed by atoms with van der Waals surface area (Å²) in [6.45, 7) is 0. The van der Waals surface area contributed by atoms with E-state index in [1.54, 1.807) is 36.4 Å². The van der Waals surface area contributed by atoms with Crippen LogP contribution in [0.5, 0.6) is 0 Å². The predicted octanol–water partition coefficient (Wildman–Crippen LogP) is 5.53. The first kappa shape index (κ1) is 15.1. The van der Waals surface area contributed by atoms with Gasteiger partial charge in [0.2, 0.25) is 11.7 Å². The molecule has 0 N–H and O–H groups in total. The van der Waals surface area contributed by atoms with Crippen LogP contribution >= 0.6 is 0 Å². The van der Waals surface area contributed by atoms with Crippen molar-refractivity contribution in [3.63, 3.8) is 0 Å². The maximum atomic E-state index is 13.2. The molecule has 116 valence electrons. The van der Waals surface area contributed by atoms with Gasteiger partial charge in [0.15, 0.2) is 0 Å². The van der Waals surface area contributed by atoms with E-state index in [0.29, 0.717) is 5.56 Å². The Morgan fingerprint density at radius 2 is 1.43 bits per heavy atom. The molecule has 0 bridgehead atoms. The van der Waals surface area contributed by atoms with Crippen LogP contribution < -0.4 is 0 Å². The number of nitrogens with zero attached hydrogens (tertiary/aromatic N) is 1. The lowest BCUT2D eigenvalue weighted by molar-refractivity contribution is -0.152.